The van der Waals surface area contributed by atoms with Crippen LogP contribution < -0.4 is 11.3 Å². The molecule has 0 saturated carbocycles. The van der Waals surface area contributed by atoms with E-state index in [0.29, 0.717) is 11.5 Å². The highest BCUT2D eigenvalue weighted by Gasteiger charge is 2.23. The molecule has 0 fully saturated rings. The van der Waals surface area contributed by atoms with Crippen molar-refractivity contribution in [3.63, 3.8) is 0 Å². The first-order valence-electron chi connectivity index (χ1n) is 6.86. The van der Waals surface area contributed by atoms with Gasteiger partial charge in [0.15, 0.2) is 0 Å². The Hall–Kier alpha value is -0.930. The number of aryl methyl sites for hydroxylation is 1. The van der Waals surface area contributed by atoms with E-state index in [0.717, 1.165) is 31.2 Å². The van der Waals surface area contributed by atoms with Gasteiger partial charge in [0.05, 0.1) is 6.04 Å². The molecule has 102 valence electrons. The Morgan fingerprint density at radius 2 is 2.06 bits per heavy atom. The molecule has 0 saturated heterocycles. The molecule has 1 rings (SSSR count). The molecule has 1 aromatic carbocycles. The number of nitrogens with one attached hydrogen (secondary N) is 1. The molecule has 0 aromatic heterocycles. The zero-order valence-corrected chi connectivity index (χ0v) is 11.7. The summed E-state index contributed by atoms with van der Waals surface area (Å²) in [5.41, 5.74) is 4.57. The molecule has 0 heterocycles. The van der Waals surface area contributed by atoms with E-state index in [1.165, 1.54) is 6.07 Å². The van der Waals surface area contributed by atoms with Crippen molar-refractivity contribution in [1.82, 2.24) is 5.43 Å². The summed E-state index contributed by atoms with van der Waals surface area (Å²) in [7, 11) is 0. The van der Waals surface area contributed by atoms with Gasteiger partial charge in [0.25, 0.3) is 0 Å². The van der Waals surface area contributed by atoms with Crippen LogP contribution in [0.3, 0.4) is 0 Å². The minimum absolute atomic E-state index is 0.0959. The molecule has 2 atom stereocenters. The number of nitrogens with two attached hydrogens (primary N) is 1. The second kappa shape index (κ2) is 7.49. The van der Waals surface area contributed by atoms with Crippen molar-refractivity contribution >= 4 is 0 Å². The van der Waals surface area contributed by atoms with E-state index in [1.54, 1.807) is 6.07 Å². The van der Waals surface area contributed by atoms with E-state index in [1.807, 2.05) is 13.0 Å². The lowest BCUT2D eigenvalue weighted by Crippen LogP contribution is -2.34. The highest BCUT2D eigenvalue weighted by atomic mass is 19.1. The summed E-state index contributed by atoms with van der Waals surface area (Å²) >= 11 is 0. The maximum atomic E-state index is 13.9. The molecule has 0 radical (unpaired) electrons. The van der Waals surface area contributed by atoms with Gasteiger partial charge in [-0.25, -0.2) is 4.39 Å². The molecule has 3 N–H and O–H groups in total. The molecule has 0 aliphatic heterocycles. The number of hydrazine groups is 1. The Balaban J connectivity index is 2.95. The maximum absolute atomic E-state index is 13.9. The topological polar surface area (TPSA) is 38.0 Å². The van der Waals surface area contributed by atoms with Gasteiger partial charge in [0.2, 0.25) is 0 Å². The summed E-state index contributed by atoms with van der Waals surface area (Å²) in [6, 6.07) is 5.12. The van der Waals surface area contributed by atoms with Crippen LogP contribution in [0.4, 0.5) is 4.39 Å². The molecule has 0 bridgehead atoms. The molecule has 0 aliphatic carbocycles. The van der Waals surface area contributed by atoms with Crippen LogP contribution in [-0.4, -0.2) is 0 Å². The smallest absolute Gasteiger partial charge is 0.128 e. The van der Waals surface area contributed by atoms with E-state index in [4.69, 9.17) is 5.84 Å². The van der Waals surface area contributed by atoms with Crippen LogP contribution in [0.5, 0.6) is 0 Å². The van der Waals surface area contributed by atoms with Crippen LogP contribution in [0.25, 0.3) is 0 Å². The zero-order valence-electron chi connectivity index (χ0n) is 11.7. The van der Waals surface area contributed by atoms with Gasteiger partial charge in [-0.2, -0.15) is 0 Å². The third-order valence-electron chi connectivity index (χ3n) is 3.59. The van der Waals surface area contributed by atoms with Gasteiger partial charge in [-0.1, -0.05) is 50.8 Å². The lowest BCUT2D eigenvalue weighted by Gasteiger charge is -2.26. The van der Waals surface area contributed by atoms with E-state index in [-0.39, 0.29) is 11.9 Å². The number of hydrogen-bond donors (Lipinski definition) is 2. The molecule has 0 spiro atoms. The largest absolute Gasteiger partial charge is 0.271 e. The Kier molecular flexibility index (Phi) is 6.30. The summed E-state index contributed by atoms with van der Waals surface area (Å²) < 4.78 is 13.9. The van der Waals surface area contributed by atoms with Crippen molar-refractivity contribution in [3.8, 4) is 0 Å². The van der Waals surface area contributed by atoms with E-state index >= 15 is 0 Å². The number of unbranched alkanes of at least 4 members (excludes halogenated alkanes) is 1. The Morgan fingerprint density at radius 3 is 2.61 bits per heavy atom. The standard InChI is InChI=1S/C15H25FN2/c1-4-6-7-12(5-2)15(18-17)13-10-11(3)8-9-14(13)16/h8-10,12,15,18H,4-7,17H2,1-3H3. The van der Waals surface area contributed by atoms with Crippen molar-refractivity contribution in [3.05, 3.63) is 35.1 Å². The lowest BCUT2D eigenvalue weighted by atomic mass is 9.86. The van der Waals surface area contributed by atoms with Crippen molar-refractivity contribution in [1.29, 1.82) is 0 Å². The van der Waals surface area contributed by atoms with Gasteiger partial charge in [0, 0.05) is 5.56 Å². The second-order valence-electron chi connectivity index (χ2n) is 4.98. The predicted octanol–water partition coefficient (Wildman–Crippen LogP) is 3.85. The summed E-state index contributed by atoms with van der Waals surface area (Å²) in [5.74, 6) is 5.87. The average Bonchev–Trinajstić information content (AvgIpc) is 2.38. The predicted molar refractivity (Wildman–Crippen MR) is 74.5 cm³/mol. The molecular formula is C15H25FN2. The second-order valence-corrected chi connectivity index (χ2v) is 4.98. The lowest BCUT2D eigenvalue weighted by molar-refractivity contribution is 0.319. The van der Waals surface area contributed by atoms with Crippen LogP contribution in [0.1, 0.15) is 56.7 Å². The third kappa shape index (κ3) is 3.79. The van der Waals surface area contributed by atoms with Crippen LogP contribution in [0.2, 0.25) is 0 Å². The highest BCUT2D eigenvalue weighted by molar-refractivity contribution is 5.27. The van der Waals surface area contributed by atoms with E-state index < -0.39 is 0 Å². The summed E-state index contributed by atoms with van der Waals surface area (Å²) in [4.78, 5) is 0. The zero-order chi connectivity index (χ0) is 13.5. The van der Waals surface area contributed by atoms with Gasteiger partial charge in [-0.05, 0) is 25.3 Å². The first-order chi connectivity index (χ1) is 8.63. The molecule has 1 aromatic rings. The molecule has 3 heteroatoms. The molecule has 0 amide bonds. The van der Waals surface area contributed by atoms with Crippen molar-refractivity contribution in [2.45, 2.75) is 52.5 Å². The van der Waals surface area contributed by atoms with Crippen molar-refractivity contribution < 1.29 is 4.39 Å². The minimum Gasteiger partial charge on any atom is -0.271 e. The summed E-state index contributed by atoms with van der Waals surface area (Å²) in [6.07, 6.45) is 4.39. The summed E-state index contributed by atoms with van der Waals surface area (Å²) in [5, 5.41) is 0. The normalized spacial score (nSPS) is 14.5. The van der Waals surface area contributed by atoms with Crippen LogP contribution >= 0.6 is 0 Å². The Labute approximate surface area is 110 Å². The SMILES string of the molecule is CCCCC(CC)C(NN)c1cc(C)ccc1F. The minimum atomic E-state index is -0.168. The Morgan fingerprint density at radius 1 is 1.33 bits per heavy atom. The van der Waals surface area contributed by atoms with Gasteiger partial charge in [0.1, 0.15) is 5.82 Å². The fourth-order valence-electron chi connectivity index (χ4n) is 2.45. The van der Waals surface area contributed by atoms with Gasteiger partial charge in [-0.3, -0.25) is 11.3 Å². The number of halogens is 1. The monoisotopic (exact) mass is 252 g/mol. The number of rotatable bonds is 7. The molecule has 2 nitrogen and oxygen atoms in total. The van der Waals surface area contributed by atoms with Gasteiger partial charge in [-0.15, -0.1) is 0 Å². The first kappa shape index (κ1) is 15.1. The molecular weight excluding hydrogens is 227 g/mol. The molecule has 2 unspecified atom stereocenters. The average molecular weight is 252 g/mol. The quantitative estimate of drug-likeness (QED) is 0.571. The summed E-state index contributed by atoms with van der Waals surface area (Å²) in [6.45, 7) is 6.28. The Bertz CT molecular complexity index is 366. The van der Waals surface area contributed by atoms with Crippen LogP contribution in [-0.2, 0) is 0 Å². The van der Waals surface area contributed by atoms with Gasteiger partial charge < -0.3 is 0 Å². The number of hydrogen-bond acceptors (Lipinski definition) is 2. The third-order valence-corrected chi connectivity index (χ3v) is 3.59. The van der Waals surface area contributed by atoms with E-state index in [2.05, 4.69) is 19.3 Å². The van der Waals surface area contributed by atoms with Crippen LogP contribution in [0, 0.1) is 18.7 Å². The maximum Gasteiger partial charge on any atom is 0.128 e. The fraction of sp³-hybridized carbons (Fsp3) is 0.600. The molecule has 0 aliphatic rings. The highest BCUT2D eigenvalue weighted by Crippen LogP contribution is 2.30. The number of benzene rings is 1. The van der Waals surface area contributed by atoms with Crippen molar-refractivity contribution in [2.75, 3.05) is 0 Å². The first-order valence-corrected chi connectivity index (χ1v) is 6.86. The van der Waals surface area contributed by atoms with Gasteiger partial charge >= 0.3 is 0 Å². The van der Waals surface area contributed by atoms with Crippen LogP contribution in [0.15, 0.2) is 18.2 Å². The van der Waals surface area contributed by atoms with E-state index in [9.17, 15) is 4.39 Å². The molecule has 18 heavy (non-hydrogen) atoms. The van der Waals surface area contributed by atoms with Crippen molar-refractivity contribution in [2.24, 2.45) is 11.8 Å². The fourth-order valence-corrected chi connectivity index (χ4v) is 2.45.